The second-order valence-electron chi connectivity index (χ2n) is 8.99. The Morgan fingerprint density at radius 3 is 2.72 bits per heavy atom. The largest absolute Gasteiger partial charge is 0.519 e. The number of hydrogen-bond donors (Lipinski definition) is 2. The van der Waals surface area contributed by atoms with Crippen LogP contribution in [-0.2, 0) is 25.7 Å². The molecule has 1 aromatic heterocycles. The molecule has 5 rings (SSSR count). The molecule has 0 spiro atoms. The molecule has 0 unspecified atom stereocenters. The summed E-state index contributed by atoms with van der Waals surface area (Å²) in [7, 11) is 0. The molecule has 3 amide bonds. The first kappa shape index (κ1) is 24.2. The van der Waals surface area contributed by atoms with Gasteiger partial charge in [0.1, 0.15) is 11.1 Å². The molecule has 4 N–H and O–H groups in total. The van der Waals surface area contributed by atoms with Crippen molar-refractivity contribution < 1.29 is 43.6 Å². The van der Waals surface area contributed by atoms with Crippen LogP contribution in [0.2, 0.25) is 0 Å². The second-order valence-corrected chi connectivity index (χ2v) is 10.1. The van der Waals surface area contributed by atoms with E-state index in [2.05, 4.69) is 5.73 Å². The number of carbonyl (C=O) groups is 4. The lowest BCUT2D eigenvalue weighted by Crippen LogP contribution is -2.83. The number of ether oxygens (including phenoxy) is 1. The summed E-state index contributed by atoms with van der Waals surface area (Å²) in [5.41, 5.74) is 4.62. The van der Waals surface area contributed by atoms with Crippen molar-refractivity contribution in [3.63, 3.8) is 0 Å². The first-order valence-electron chi connectivity index (χ1n) is 11.4. The van der Waals surface area contributed by atoms with Crippen LogP contribution in [0.1, 0.15) is 24.4 Å². The van der Waals surface area contributed by atoms with E-state index in [-0.39, 0.29) is 47.1 Å². The Kier molecular flexibility index (Phi) is 6.16. The molecule has 0 aliphatic carbocycles. The van der Waals surface area contributed by atoms with Crippen LogP contribution in [0.15, 0.2) is 36.5 Å². The standard InChI is InChI=1S/C22H24N4O9S/c1-10-14(35-22(32)34-10)8-33-21(31)24-4-3-13(7-24)25-5-2-11(17(25)27)6-12-9-36-19-15(23)18(28)26(19)16(12)20(29)30/h6,13,15,19H,2-5,7-9,23H2,1H3,(H,29,30)/p+1/b11-6+/t13-,15-,19-/m1/s1. The number of thioether (sulfide) groups is 1. The average Bonchev–Trinajstić information content (AvgIpc) is 3.55. The minimum atomic E-state index is -1.20. The van der Waals surface area contributed by atoms with Gasteiger partial charge in [-0.3, -0.25) is 14.5 Å². The SMILES string of the molecule is Cc1oc(=O)oc1COC(=O)N1CC[C@@H](N2CC/C(=C\C3=C(C(=O)O)N4C(=O)[C@@H]([NH3+])[C@H]4SC3)C2=O)C1. The molecule has 4 aliphatic heterocycles. The van der Waals surface area contributed by atoms with Crippen LogP contribution in [0.25, 0.3) is 0 Å². The number of hydrogen-bond acceptors (Lipinski definition) is 9. The fourth-order valence-corrected chi connectivity index (χ4v) is 6.19. The molecular weight excluding hydrogens is 496 g/mol. The smallest absolute Gasteiger partial charge is 0.477 e. The number of carbonyl (C=O) groups excluding carboxylic acids is 3. The van der Waals surface area contributed by atoms with Gasteiger partial charge in [-0.25, -0.2) is 14.4 Å². The van der Waals surface area contributed by atoms with Gasteiger partial charge in [-0.2, -0.15) is 0 Å². The van der Waals surface area contributed by atoms with E-state index < -0.39 is 23.9 Å². The molecule has 36 heavy (non-hydrogen) atoms. The Balaban J connectivity index is 1.23. The lowest BCUT2D eigenvalue weighted by molar-refractivity contribution is -0.423. The van der Waals surface area contributed by atoms with Crippen molar-refractivity contribution in [3.05, 3.63) is 45.1 Å². The Morgan fingerprint density at radius 1 is 1.25 bits per heavy atom. The Bertz CT molecular complexity index is 1260. The third-order valence-electron chi connectivity index (χ3n) is 6.84. The number of aliphatic carboxylic acids is 1. The molecular formula is C22H25N4O9S+. The van der Waals surface area contributed by atoms with Crippen molar-refractivity contribution in [1.82, 2.24) is 14.7 Å². The topological polar surface area (TPSA) is 178 Å². The maximum absolute atomic E-state index is 13.1. The summed E-state index contributed by atoms with van der Waals surface area (Å²) in [4.78, 5) is 65.3. The highest BCUT2D eigenvalue weighted by Crippen LogP contribution is 2.40. The van der Waals surface area contributed by atoms with Crippen molar-refractivity contribution >= 4 is 35.6 Å². The average molecular weight is 522 g/mol. The number of quaternary nitrogens is 1. The minimum absolute atomic E-state index is 0.0825. The molecule has 0 aromatic carbocycles. The van der Waals surface area contributed by atoms with Crippen LogP contribution in [0, 0.1) is 6.92 Å². The molecule has 192 valence electrons. The predicted octanol–water partition coefficient (Wildman–Crippen LogP) is -0.725. The van der Waals surface area contributed by atoms with Crippen LogP contribution in [0.3, 0.4) is 0 Å². The number of aryl methyl sites for hydroxylation is 1. The monoisotopic (exact) mass is 521 g/mol. The van der Waals surface area contributed by atoms with Gasteiger partial charge < -0.3 is 34.2 Å². The number of carboxylic acids is 1. The van der Waals surface area contributed by atoms with Gasteiger partial charge in [0, 0.05) is 31.0 Å². The highest BCUT2D eigenvalue weighted by atomic mass is 32.2. The van der Waals surface area contributed by atoms with E-state index in [1.54, 1.807) is 11.0 Å². The molecule has 4 aliphatic rings. The van der Waals surface area contributed by atoms with Gasteiger partial charge >= 0.3 is 17.9 Å². The van der Waals surface area contributed by atoms with E-state index >= 15 is 0 Å². The second kappa shape index (κ2) is 9.17. The van der Waals surface area contributed by atoms with Crippen LogP contribution in [0.5, 0.6) is 0 Å². The van der Waals surface area contributed by atoms with Crippen molar-refractivity contribution in [2.75, 3.05) is 25.4 Å². The fourth-order valence-electron chi connectivity index (χ4n) is 4.91. The molecule has 13 nitrogen and oxygen atoms in total. The fraction of sp³-hybridized carbons (Fsp3) is 0.500. The van der Waals surface area contributed by atoms with Crippen molar-refractivity contribution in [2.45, 2.75) is 43.8 Å². The number of fused-ring (bicyclic) bond motifs is 1. The maximum atomic E-state index is 13.1. The summed E-state index contributed by atoms with van der Waals surface area (Å²) >= 11 is 1.44. The van der Waals surface area contributed by atoms with Crippen LogP contribution in [0.4, 0.5) is 4.79 Å². The normalized spacial score (nSPS) is 27.1. The van der Waals surface area contributed by atoms with Gasteiger partial charge in [0.2, 0.25) is 5.91 Å². The van der Waals surface area contributed by atoms with Gasteiger partial charge in [0.15, 0.2) is 24.2 Å². The molecule has 5 heterocycles. The van der Waals surface area contributed by atoms with Gasteiger partial charge in [0.05, 0.1) is 6.04 Å². The summed E-state index contributed by atoms with van der Waals surface area (Å²) in [6, 6.07) is -0.673. The summed E-state index contributed by atoms with van der Waals surface area (Å²) in [5, 5.41) is 9.44. The summed E-state index contributed by atoms with van der Waals surface area (Å²) < 4.78 is 14.8. The molecule has 0 saturated carbocycles. The lowest BCUT2D eigenvalue weighted by atomic mass is 10.0. The number of carboxylic acid groups (broad SMARTS) is 1. The van der Waals surface area contributed by atoms with Gasteiger partial charge in [0.25, 0.3) is 5.91 Å². The van der Waals surface area contributed by atoms with E-state index in [9.17, 15) is 29.1 Å². The summed E-state index contributed by atoms with van der Waals surface area (Å²) in [6.45, 7) is 2.44. The predicted molar refractivity (Wildman–Crippen MR) is 121 cm³/mol. The molecule has 3 atom stereocenters. The molecule has 3 saturated heterocycles. The Labute approximate surface area is 208 Å². The molecule has 0 bridgehead atoms. The minimum Gasteiger partial charge on any atom is -0.477 e. The Hall–Kier alpha value is -3.52. The summed E-state index contributed by atoms with van der Waals surface area (Å²) in [6.07, 6.45) is 2.02. The zero-order chi connectivity index (χ0) is 25.7. The zero-order valence-corrected chi connectivity index (χ0v) is 20.2. The van der Waals surface area contributed by atoms with E-state index in [1.807, 2.05) is 0 Å². The molecule has 3 fully saturated rings. The zero-order valence-electron chi connectivity index (χ0n) is 19.4. The highest BCUT2D eigenvalue weighted by molar-refractivity contribution is 8.00. The van der Waals surface area contributed by atoms with E-state index in [0.29, 0.717) is 49.4 Å². The van der Waals surface area contributed by atoms with Crippen LogP contribution < -0.4 is 11.6 Å². The van der Waals surface area contributed by atoms with Crippen molar-refractivity contribution in [3.8, 4) is 0 Å². The maximum Gasteiger partial charge on any atom is 0.519 e. The van der Waals surface area contributed by atoms with Crippen molar-refractivity contribution in [2.24, 2.45) is 0 Å². The quantitative estimate of drug-likeness (QED) is 0.371. The van der Waals surface area contributed by atoms with Gasteiger partial charge in [-0.05, 0) is 31.4 Å². The first-order chi connectivity index (χ1) is 17.2. The van der Waals surface area contributed by atoms with E-state index in [1.165, 1.54) is 28.5 Å². The number of β-lactam (4-membered cyclic amide) rings is 1. The number of rotatable bonds is 5. The summed E-state index contributed by atoms with van der Waals surface area (Å²) in [5.74, 6) is -1.85. The Morgan fingerprint density at radius 2 is 2.03 bits per heavy atom. The van der Waals surface area contributed by atoms with E-state index in [0.717, 1.165) is 0 Å². The number of amides is 3. The number of likely N-dealkylation sites (tertiary alicyclic amines) is 2. The highest BCUT2D eigenvalue weighted by Gasteiger charge is 2.54. The van der Waals surface area contributed by atoms with Crippen molar-refractivity contribution in [1.29, 1.82) is 0 Å². The molecule has 1 aromatic rings. The lowest BCUT2D eigenvalue weighted by Gasteiger charge is -2.45. The van der Waals surface area contributed by atoms with Crippen LogP contribution >= 0.6 is 11.8 Å². The molecule has 14 heteroatoms. The van der Waals surface area contributed by atoms with Gasteiger partial charge in [-0.1, -0.05) is 0 Å². The first-order valence-corrected chi connectivity index (χ1v) is 12.5. The van der Waals surface area contributed by atoms with Crippen LogP contribution in [-0.4, -0.2) is 86.5 Å². The number of allylic oxidation sites excluding steroid dienone is 1. The third-order valence-corrected chi connectivity index (χ3v) is 8.20. The third kappa shape index (κ3) is 4.09. The van der Waals surface area contributed by atoms with Gasteiger partial charge in [-0.15, -0.1) is 11.8 Å². The molecule has 0 radical (unpaired) electrons. The van der Waals surface area contributed by atoms with E-state index in [4.69, 9.17) is 13.6 Å². The number of nitrogens with zero attached hydrogens (tertiary/aromatic N) is 3.